The summed E-state index contributed by atoms with van der Waals surface area (Å²) in [6.07, 6.45) is 0. The van der Waals surface area contributed by atoms with Crippen LogP contribution in [-0.4, -0.2) is 42.1 Å². The minimum atomic E-state index is -0.128. The van der Waals surface area contributed by atoms with E-state index in [9.17, 15) is 9.59 Å². The zero-order chi connectivity index (χ0) is 16.0. The van der Waals surface area contributed by atoms with Gasteiger partial charge in [-0.25, -0.2) is 0 Å². The number of hydrogen-bond acceptors (Lipinski definition) is 3. The number of nitrogens with zero attached hydrogens (tertiary/aromatic N) is 1. The summed E-state index contributed by atoms with van der Waals surface area (Å²) in [5, 5.41) is 2.78. The van der Waals surface area contributed by atoms with Crippen molar-refractivity contribution in [3.8, 4) is 0 Å². The minimum absolute atomic E-state index is 0.0443. The largest absolute Gasteiger partial charge is 0.352 e. The van der Waals surface area contributed by atoms with Gasteiger partial charge in [0.25, 0.3) is 0 Å². The van der Waals surface area contributed by atoms with Crippen molar-refractivity contribution in [3.05, 3.63) is 29.3 Å². The van der Waals surface area contributed by atoms with Crippen molar-refractivity contribution in [3.63, 3.8) is 0 Å². The maximum absolute atomic E-state index is 12.0. The quantitative estimate of drug-likeness (QED) is 0.821. The molecule has 0 aliphatic carbocycles. The minimum Gasteiger partial charge on any atom is -0.352 e. The molecule has 0 saturated heterocycles. The lowest BCUT2D eigenvalue weighted by Crippen LogP contribution is -2.41. The highest BCUT2D eigenvalue weighted by molar-refractivity contribution is 8.00. The molecule has 1 aromatic rings. The molecule has 0 bridgehead atoms. The number of carbonyl (C=O) groups is 2. The number of benzene rings is 1. The van der Waals surface area contributed by atoms with Gasteiger partial charge in [0.1, 0.15) is 0 Å². The first-order valence-corrected chi connectivity index (χ1v) is 8.01. The highest BCUT2D eigenvalue weighted by Gasteiger charge is 2.13. The van der Waals surface area contributed by atoms with Gasteiger partial charge in [0, 0.05) is 18.0 Å². The van der Waals surface area contributed by atoms with E-state index in [0.717, 1.165) is 4.90 Å². The summed E-state index contributed by atoms with van der Waals surface area (Å²) >= 11 is 1.50. The summed E-state index contributed by atoms with van der Waals surface area (Å²) in [6.45, 7) is 8.02. The van der Waals surface area contributed by atoms with Crippen molar-refractivity contribution in [1.29, 1.82) is 0 Å². The summed E-state index contributed by atoms with van der Waals surface area (Å²) in [5.74, 6) is 0.169. The Morgan fingerprint density at radius 1 is 1.24 bits per heavy atom. The highest BCUT2D eigenvalue weighted by atomic mass is 32.2. The van der Waals surface area contributed by atoms with Gasteiger partial charge in [-0.15, -0.1) is 11.8 Å². The van der Waals surface area contributed by atoms with Gasteiger partial charge in [-0.3, -0.25) is 9.59 Å². The number of hydrogen-bond donors (Lipinski definition) is 1. The van der Waals surface area contributed by atoms with Gasteiger partial charge in [0.2, 0.25) is 11.8 Å². The normalized spacial score (nSPS) is 10.6. The Balaban J connectivity index is 2.45. The lowest BCUT2D eigenvalue weighted by Gasteiger charge is -2.17. The fourth-order valence-electron chi connectivity index (χ4n) is 1.73. The van der Waals surface area contributed by atoms with E-state index in [0.29, 0.717) is 5.75 Å². The lowest BCUT2D eigenvalue weighted by molar-refractivity contribution is -0.132. The van der Waals surface area contributed by atoms with Crippen molar-refractivity contribution in [2.75, 3.05) is 19.3 Å². The first-order valence-electron chi connectivity index (χ1n) is 7.03. The first-order chi connectivity index (χ1) is 9.79. The molecule has 0 heterocycles. The number of carbonyl (C=O) groups excluding carboxylic acids is 2. The molecule has 1 N–H and O–H groups in total. The van der Waals surface area contributed by atoms with Crippen molar-refractivity contribution in [1.82, 2.24) is 10.2 Å². The zero-order valence-electron chi connectivity index (χ0n) is 13.4. The molecule has 4 nitrogen and oxygen atoms in total. The topological polar surface area (TPSA) is 49.4 Å². The number of amides is 2. The average molecular weight is 308 g/mol. The van der Waals surface area contributed by atoms with Crippen LogP contribution in [0, 0.1) is 13.8 Å². The third kappa shape index (κ3) is 6.21. The molecular weight excluding hydrogens is 284 g/mol. The Labute approximate surface area is 131 Å². The SMILES string of the molecule is Cc1ccc(SCC(=O)N(C)CC(=O)NC(C)C)cc1C. The molecule has 0 spiro atoms. The maximum atomic E-state index is 12.0. The summed E-state index contributed by atoms with van der Waals surface area (Å²) in [6, 6.07) is 6.25. The number of thioether (sulfide) groups is 1. The Hall–Kier alpha value is -1.49. The van der Waals surface area contributed by atoms with Crippen molar-refractivity contribution in [2.45, 2.75) is 38.6 Å². The van der Waals surface area contributed by atoms with Crippen LogP contribution in [0.2, 0.25) is 0 Å². The molecule has 0 fully saturated rings. The molecule has 0 radical (unpaired) electrons. The molecule has 116 valence electrons. The molecule has 2 amide bonds. The molecule has 0 saturated carbocycles. The fourth-order valence-corrected chi connectivity index (χ4v) is 2.67. The zero-order valence-corrected chi connectivity index (χ0v) is 14.2. The van der Waals surface area contributed by atoms with Crippen LogP contribution >= 0.6 is 11.8 Å². The second kappa shape index (κ2) is 8.08. The molecule has 1 rings (SSSR count). The van der Waals surface area contributed by atoms with Gasteiger partial charge < -0.3 is 10.2 Å². The molecule has 0 aliphatic rings. The Morgan fingerprint density at radius 2 is 1.90 bits per heavy atom. The van der Waals surface area contributed by atoms with Crippen LogP contribution in [-0.2, 0) is 9.59 Å². The molecule has 21 heavy (non-hydrogen) atoms. The smallest absolute Gasteiger partial charge is 0.239 e. The summed E-state index contributed by atoms with van der Waals surface area (Å²) in [4.78, 5) is 26.2. The molecular formula is C16H24N2O2S. The Morgan fingerprint density at radius 3 is 2.48 bits per heavy atom. The lowest BCUT2D eigenvalue weighted by atomic mass is 10.1. The van der Waals surface area contributed by atoms with E-state index < -0.39 is 0 Å². The highest BCUT2D eigenvalue weighted by Crippen LogP contribution is 2.21. The third-order valence-electron chi connectivity index (χ3n) is 3.10. The van der Waals surface area contributed by atoms with E-state index in [-0.39, 0.29) is 24.4 Å². The molecule has 5 heteroatoms. The number of aryl methyl sites for hydroxylation is 2. The van der Waals surface area contributed by atoms with E-state index in [1.165, 1.54) is 27.8 Å². The van der Waals surface area contributed by atoms with E-state index in [2.05, 4.69) is 31.3 Å². The van der Waals surface area contributed by atoms with Crippen LogP contribution in [0.3, 0.4) is 0 Å². The van der Waals surface area contributed by atoms with Crippen molar-refractivity contribution >= 4 is 23.6 Å². The molecule has 0 aliphatic heterocycles. The second-order valence-corrected chi connectivity index (χ2v) is 6.56. The Bertz CT molecular complexity index is 515. The van der Waals surface area contributed by atoms with Crippen LogP contribution in [0.15, 0.2) is 23.1 Å². The second-order valence-electron chi connectivity index (χ2n) is 5.51. The molecule has 1 aromatic carbocycles. The van der Waals surface area contributed by atoms with Gasteiger partial charge in [-0.1, -0.05) is 6.07 Å². The number of rotatable bonds is 6. The van der Waals surface area contributed by atoms with Crippen LogP contribution in [0.4, 0.5) is 0 Å². The average Bonchev–Trinajstić information content (AvgIpc) is 2.38. The van der Waals surface area contributed by atoms with Crippen molar-refractivity contribution < 1.29 is 9.59 Å². The van der Waals surface area contributed by atoms with Crippen LogP contribution in [0.5, 0.6) is 0 Å². The van der Waals surface area contributed by atoms with E-state index >= 15 is 0 Å². The third-order valence-corrected chi connectivity index (χ3v) is 4.08. The predicted octanol–water partition coefficient (Wildman–Crippen LogP) is 2.38. The van der Waals surface area contributed by atoms with Gasteiger partial charge in [-0.2, -0.15) is 0 Å². The van der Waals surface area contributed by atoms with Crippen LogP contribution in [0.1, 0.15) is 25.0 Å². The van der Waals surface area contributed by atoms with E-state index in [4.69, 9.17) is 0 Å². The van der Waals surface area contributed by atoms with Gasteiger partial charge >= 0.3 is 0 Å². The van der Waals surface area contributed by atoms with E-state index in [1.807, 2.05) is 19.9 Å². The summed E-state index contributed by atoms with van der Waals surface area (Å²) in [7, 11) is 1.66. The maximum Gasteiger partial charge on any atom is 0.239 e. The molecule has 0 unspecified atom stereocenters. The van der Waals surface area contributed by atoms with E-state index in [1.54, 1.807) is 7.05 Å². The monoisotopic (exact) mass is 308 g/mol. The standard InChI is InChI=1S/C16H24N2O2S/c1-11(2)17-15(19)9-18(5)16(20)10-21-14-7-6-12(3)13(4)8-14/h6-8,11H,9-10H2,1-5H3,(H,17,19). The summed E-state index contributed by atoms with van der Waals surface area (Å²) < 4.78 is 0. The van der Waals surface area contributed by atoms with Gasteiger partial charge in [-0.05, 0) is 51.0 Å². The van der Waals surface area contributed by atoms with Gasteiger partial charge in [0.05, 0.1) is 12.3 Å². The van der Waals surface area contributed by atoms with Gasteiger partial charge in [0.15, 0.2) is 0 Å². The number of nitrogens with one attached hydrogen (secondary N) is 1. The van der Waals surface area contributed by atoms with Crippen LogP contribution < -0.4 is 5.32 Å². The molecule has 0 atom stereocenters. The fraction of sp³-hybridized carbons (Fsp3) is 0.500. The Kier molecular flexibility index (Phi) is 6.75. The molecule has 0 aromatic heterocycles. The predicted molar refractivity (Wildman–Crippen MR) is 87.6 cm³/mol. The number of likely N-dealkylation sites (N-methyl/N-ethyl adjacent to an activating group) is 1. The first kappa shape index (κ1) is 17.6. The van der Waals surface area contributed by atoms with Crippen molar-refractivity contribution in [2.24, 2.45) is 0 Å². The summed E-state index contributed by atoms with van der Waals surface area (Å²) in [5.41, 5.74) is 2.46. The van der Waals surface area contributed by atoms with Crippen LogP contribution in [0.25, 0.3) is 0 Å².